The van der Waals surface area contributed by atoms with Crippen LogP contribution in [0.1, 0.15) is 61.5 Å². The van der Waals surface area contributed by atoms with Crippen LogP contribution >= 0.6 is 0 Å². The number of amides is 4. The topological polar surface area (TPSA) is 96.0 Å². The normalized spacial score (nSPS) is 22.9. The SMILES string of the molecule is CC(C)(C)OC(=O)N1CCC1C#Cc1ccc2c(c1)CN(C1CCC(=O)NC1=O)C2=O. The quantitative estimate of drug-likeness (QED) is 0.549. The minimum Gasteiger partial charge on any atom is -0.444 e. The molecule has 0 bridgehead atoms. The first-order valence-corrected chi connectivity index (χ1v) is 10.4. The standard InChI is InChI=1S/C23H25N3O5/c1-23(2,3)31-22(30)25-11-10-16(25)6-4-14-5-7-17-15(12-14)13-26(21(17)29)18-8-9-19(27)24-20(18)28/h5,7,12,16,18H,8-11,13H2,1-3H3,(H,24,27,28). The Morgan fingerprint density at radius 3 is 2.61 bits per heavy atom. The molecule has 2 unspecified atom stereocenters. The van der Waals surface area contributed by atoms with Crippen molar-refractivity contribution in [2.45, 2.75) is 64.3 Å². The van der Waals surface area contributed by atoms with Gasteiger partial charge in [-0.2, -0.15) is 0 Å². The third-order valence-corrected chi connectivity index (χ3v) is 5.55. The van der Waals surface area contributed by atoms with Crippen LogP contribution in [-0.4, -0.2) is 57.8 Å². The van der Waals surface area contributed by atoms with Crippen LogP contribution in [0.3, 0.4) is 0 Å². The van der Waals surface area contributed by atoms with Crippen molar-refractivity contribution >= 4 is 23.8 Å². The van der Waals surface area contributed by atoms with E-state index in [1.807, 2.05) is 26.8 Å². The molecule has 4 rings (SSSR count). The summed E-state index contributed by atoms with van der Waals surface area (Å²) in [6.07, 6.45) is 0.985. The van der Waals surface area contributed by atoms with Crippen molar-refractivity contribution in [1.29, 1.82) is 0 Å². The molecule has 0 spiro atoms. The first-order chi connectivity index (χ1) is 14.6. The van der Waals surface area contributed by atoms with Gasteiger partial charge >= 0.3 is 6.09 Å². The van der Waals surface area contributed by atoms with Crippen LogP contribution in [0, 0.1) is 11.8 Å². The number of carbonyl (C=O) groups is 4. The lowest BCUT2D eigenvalue weighted by Gasteiger charge is -2.38. The van der Waals surface area contributed by atoms with Gasteiger partial charge in [0.25, 0.3) is 5.91 Å². The zero-order valence-electron chi connectivity index (χ0n) is 17.9. The van der Waals surface area contributed by atoms with Gasteiger partial charge in [-0.25, -0.2) is 4.79 Å². The zero-order chi connectivity index (χ0) is 22.3. The second-order valence-corrected chi connectivity index (χ2v) is 9.02. The number of likely N-dealkylation sites (tertiary alicyclic amines) is 1. The fourth-order valence-electron chi connectivity index (χ4n) is 3.90. The fourth-order valence-corrected chi connectivity index (χ4v) is 3.90. The molecule has 1 aromatic rings. The van der Waals surface area contributed by atoms with Crippen molar-refractivity contribution in [3.8, 4) is 11.8 Å². The van der Waals surface area contributed by atoms with E-state index >= 15 is 0 Å². The molecule has 1 aromatic carbocycles. The van der Waals surface area contributed by atoms with E-state index < -0.39 is 17.6 Å². The first kappa shape index (κ1) is 20.9. The smallest absolute Gasteiger partial charge is 0.411 e. The number of imide groups is 1. The van der Waals surface area contributed by atoms with Crippen LogP contribution < -0.4 is 5.32 Å². The van der Waals surface area contributed by atoms with Gasteiger partial charge in [0.05, 0.1) is 6.04 Å². The van der Waals surface area contributed by atoms with Crippen LogP contribution in [0.2, 0.25) is 0 Å². The van der Waals surface area contributed by atoms with E-state index in [0.717, 1.165) is 17.5 Å². The fraction of sp³-hybridized carbons (Fsp3) is 0.478. The molecule has 3 aliphatic rings. The van der Waals surface area contributed by atoms with Gasteiger partial charge in [0.2, 0.25) is 11.8 Å². The van der Waals surface area contributed by atoms with E-state index in [0.29, 0.717) is 25.1 Å². The molecule has 8 heteroatoms. The third kappa shape index (κ3) is 4.26. The Kier molecular flexibility index (Phi) is 5.21. The minimum absolute atomic E-state index is 0.190. The van der Waals surface area contributed by atoms with Crippen LogP contribution in [0.15, 0.2) is 18.2 Å². The molecule has 2 saturated heterocycles. The maximum absolute atomic E-state index is 12.8. The molecule has 8 nitrogen and oxygen atoms in total. The maximum atomic E-state index is 12.8. The molecule has 2 fully saturated rings. The molecule has 0 radical (unpaired) electrons. The molecule has 0 aromatic heterocycles. The molecule has 3 aliphatic heterocycles. The second-order valence-electron chi connectivity index (χ2n) is 9.02. The Bertz CT molecular complexity index is 1030. The highest BCUT2D eigenvalue weighted by atomic mass is 16.6. The number of carbonyl (C=O) groups excluding carboxylic acids is 4. The molecule has 31 heavy (non-hydrogen) atoms. The van der Waals surface area contributed by atoms with Crippen molar-refractivity contribution < 1.29 is 23.9 Å². The lowest BCUT2D eigenvalue weighted by molar-refractivity contribution is -0.136. The van der Waals surface area contributed by atoms with Crippen molar-refractivity contribution in [2.75, 3.05) is 6.54 Å². The van der Waals surface area contributed by atoms with Crippen LogP contribution in [0.5, 0.6) is 0 Å². The highest BCUT2D eigenvalue weighted by Gasteiger charge is 2.39. The number of hydrogen-bond donors (Lipinski definition) is 1. The Morgan fingerprint density at radius 2 is 1.97 bits per heavy atom. The molecule has 1 N–H and O–H groups in total. The number of hydrogen-bond acceptors (Lipinski definition) is 5. The first-order valence-electron chi connectivity index (χ1n) is 10.4. The summed E-state index contributed by atoms with van der Waals surface area (Å²) in [7, 11) is 0. The average Bonchev–Trinajstić information content (AvgIpc) is 2.95. The Morgan fingerprint density at radius 1 is 1.19 bits per heavy atom. The van der Waals surface area contributed by atoms with E-state index in [1.54, 1.807) is 17.0 Å². The molecule has 3 heterocycles. The van der Waals surface area contributed by atoms with E-state index in [2.05, 4.69) is 17.2 Å². The molecule has 4 amide bonds. The number of benzene rings is 1. The summed E-state index contributed by atoms with van der Waals surface area (Å²) in [6.45, 7) is 6.41. The van der Waals surface area contributed by atoms with Gasteiger partial charge in [-0.1, -0.05) is 11.8 Å². The van der Waals surface area contributed by atoms with Crippen LogP contribution in [-0.2, 0) is 20.9 Å². The van der Waals surface area contributed by atoms with Gasteiger partial charge in [0.1, 0.15) is 11.6 Å². The summed E-state index contributed by atoms with van der Waals surface area (Å²) >= 11 is 0. The summed E-state index contributed by atoms with van der Waals surface area (Å²) in [4.78, 5) is 51.6. The summed E-state index contributed by atoms with van der Waals surface area (Å²) in [6, 6.07) is 4.52. The van der Waals surface area contributed by atoms with E-state index in [-0.39, 0.29) is 30.4 Å². The van der Waals surface area contributed by atoms with Gasteiger partial charge in [-0.05, 0) is 57.4 Å². The second kappa shape index (κ2) is 7.73. The third-order valence-electron chi connectivity index (χ3n) is 5.55. The number of piperidine rings is 1. The van der Waals surface area contributed by atoms with Crippen LogP contribution in [0.25, 0.3) is 0 Å². The Labute approximate surface area is 180 Å². The summed E-state index contributed by atoms with van der Waals surface area (Å²) < 4.78 is 5.40. The number of nitrogens with one attached hydrogen (secondary N) is 1. The van der Waals surface area contributed by atoms with Crippen molar-refractivity contribution in [2.24, 2.45) is 0 Å². The van der Waals surface area contributed by atoms with Crippen molar-refractivity contribution in [1.82, 2.24) is 15.1 Å². The Hall–Kier alpha value is -3.34. The number of fused-ring (bicyclic) bond motifs is 1. The summed E-state index contributed by atoms with van der Waals surface area (Å²) in [5, 5.41) is 2.30. The summed E-state index contributed by atoms with van der Waals surface area (Å²) in [5.74, 6) is 5.27. The van der Waals surface area contributed by atoms with Crippen molar-refractivity contribution in [3.63, 3.8) is 0 Å². The van der Waals surface area contributed by atoms with Crippen LogP contribution in [0.4, 0.5) is 4.79 Å². The molecule has 162 valence electrons. The average molecular weight is 423 g/mol. The van der Waals surface area contributed by atoms with Gasteiger partial charge in [-0.15, -0.1) is 0 Å². The molecular weight excluding hydrogens is 398 g/mol. The van der Waals surface area contributed by atoms with Gasteiger partial charge in [-0.3, -0.25) is 24.6 Å². The van der Waals surface area contributed by atoms with E-state index in [9.17, 15) is 19.2 Å². The minimum atomic E-state index is -0.635. The predicted octanol–water partition coefficient (Wildman–Crippen LogP) is 1.81. The zero-order valence-corrected chi connectivity index (χ0v) is 17.9. The molecule has 2 atom stereocenters. The Balaban J connectivity index is 1.45. The molecule has 0 saturated carbocycles. The van der Waals surface area contributed by atoms with E-state index in [4.69, 9.17) is 4.74 Å². The van der Waals surface area contributed by atoms with Gasteiger partial charge < -0.3 is 9.64 Å². The van der Waals surface area contributed by atoms with E-state index in [1.165, 1.54) is 4.90 Å². The molecular formula is C23H25N3O5. The van der Waals surface area contributed by atoms with Gasteiger partial charge in [0.15, 0.2) is 0 Å². The highest BCUT2D eigenvalue weighted by Crippen LogP contribution is 2.28. The number of rotatable bonds is 1. The number of ether oxygens (including phenoxy) is 1. The number of nitrogens with zero attached hydrogens (tertiary/aromatic N) is 2. The predicted molar refractivity (Wildman–Crippen MR) is 111 cm³/mol. The highest BCUT2D eigenvalue weighted by molar-refractivity contribution is 6.05. The molecule has 0 aliphatic carbocycles. The monoisotopic (exact) mass is 423 g/mol. The lowest BCUT2D eigenvalue weighted by atomic mass is 10.0. The lowest BCUT2D eigenvalue weighted by Crippen LogP contribution is -2.52. The maximum Gasteiger partial charge on any atom is 0.411 e. The van der Waals surface area contributed by atoms with Crippen molar-refractivity contribution in [3.05, 3.63) is 34.9 Å². The summed E-state index contributed by atoms with van der Waals surface area (Å²) in [5.41, 5.74) is 1.55. The largest absolute Gasteiger partial charge is 0.444 e. The van der Waals surface area contributed by atoms with Gasteiger partial charge in [0, 0.05) is 30.6 Å².